The van der Waals surface area contributed by atoms with Crippen LogP contribution in [0.1, 0.15) is 10.4 Å². The molecule has 0 bridgehead atoms. The van der Waals surface area contributed by atoms with Crippen molar-refractivity contribution in [3.05, 3.63) is 58.1 Å². The molecule has 0 heterocycles. The number of anilines is 2. The molecule has 22 heavy (non-hydrogen) atoms. The van der Waals surface area contributed by atoms with Crippen molar-refractivity contribution in [1.82, 2.24) is 5.32 Å². The molecule has 0 saturated carbocycles. The van der Waals surface area contributed by atoms with E-state index in [0.717, 1.165) is 0 Å². The number of carbonyl (C=O) groups excluding carboxylic acids is 2. The highest BCUT2D eigenvalue weighted by Gasteiger charge is 2.10. The van der Waals surface area contributed by atoms with Crippen LogP contribution in [0.25, 0.3) is 0 Å². The molecule has 0 aromatic heterocycles. The summed E-state index contributed by atoms with van der Waals surface area (Å²) in [6.45, 7) is -0.173. The molecule has 4 N–H and O–H groups in total. The van der Waals surface area contributed by atoms with E-state index in [1.807, 2.05) is 0 Å². The van der Waals surface area contributed by atoms with Crippen molar-refractivity contribution in [2.75, 3.05) is 17.6 Å². The Kier molecular flexibility index (Phi) is 5.25. The number of hydrogen-bond donors (Lipinski definition) is 3. The van der Waals surface area contributed by atoms with Gasteiger partial charge in [0.25, 0.3) is 5.91 Å². The molecule has 0 aliphatic rings. The molecule has 2 aromatic rings. The van der Waals surface area contributed by atoms with Gasteiger partial charge in [-0.05, 0) is 24.3 Å². The summed E-state index contributed by atoms with van der Waals surface area (Å²) >= 11 is 11.8. The summed E-state index contributed by atoms with van der Waals surface area (Å²) in [5.41, 5.74) is 6.75. The first-order chi connectivity index (χ1) is 10.5. The van der Waals surface area contributed by atoms with Gasteiger partial charge in [-0.25, -0.2) is 0 Å². The second-order valence-corrected chi connectivity index (χ2v) is 5.26. The first-order valence-electron chi connectivity index (χ1n) is 6.35. The smallest absolute Gasteiger partial charge is 0.251 e. The Bertz CT molecular complexity index is 682. The Morgan fingerprint density at radius 2 is 1.64 bits per heavy atom. The van der Waals surface area contributed by atoms with Crippen molar-refractivity contribution < 1.29 is 9.59 Å². The van der Waals surface area contributed by atoms with Gasteiger partial charge in [-0.2, -0.15) is 0 Å². The predicted molar refractivity (Wildman–Crippen MR) is 88.3 cm³/mol. The van der Waals surface area contributed by atoms with Crippen LogP contribution in [0.15, 0.2) is 42.5 Å². The standard InChI is InChI=1S/C15H13Cl2N3O2/c16-11-6-10(7-12(17)14(11)18)20-13(21)8-19-15(22)9-4-2-1-3-5-9/h1-7H,8,18H2,(H,19,22)(H,20,21). The molecular formula is C15H13Cl2N3O2. The molecule has 0 aliphatic carbocycles. The zero-order chi connectivity index (χ0) is 16.1. The molecular weight excluding hydrogens is 325 g/mol. The van der Waals surface area contributed by atoms with Crippen LogP contribution in [0.3, 0.4) is 0 Å². The molecule has 5 nitrogen and oxygen atoms in total. The van der Waals surface area contributed by atoms with E-state index >= 15 is 0 Å². The fourth-order valence-corrected chi connectivity index (χ4v) is 2.20. The van der Waals surface area contributed by atoms with Gasteiger partial charge in [0.1, 0.15) is 0 Å². The summed E-state index contributed by atoms with van der Waals surface area (Å²) in [5, 5.41) is 5.59. The Morgan fingerprint density at radius 1 is 1.05 bits per heavy atom. The van der Waals surface area contributed by atoms with Crippen molar-refractivity contribution in [1.29, 1.82) is 0 Å². The Morgan fingerprint density at radius 3 is 2.23 bits per heavy atom. The third-order valence-electron chi connectivity index (χ3n) is 2.81. The Balaban J connectivity index is 1.92. The van der Waals surface area contributed by atoms with Crippen molar-refractivity contribution in [3.63, 3.8) is 0 Å². The summed E-state index contributed by atoms with van der Waals surface area (Å²) in [7, 11) is 0. The number of rotatable bonds is 4. The maximum atomic E-state index is 11.8. The van der Waals surface area contributed by atoms with Crippen LogP contribution >= 0.6 is 23.2 Å². The molecule has 2 amide bonds. The third-order valence-corrected chi connectivity index (χ3v) is 3.43. The lowest BCUT2D eigenvalue weighted by Crippen LogP contribution is -2.32. The highest BCUT2D eigenvalue weighted by Crippen LogP contribution is 2.30. The highest BCUT2D eigenvalue weighted by molar-refractivity contribution is 6.39. The zero-order valence-corrected chi connectivity index (χ0v) is 12.9. The van der Waals surface area contributed by atoms with E-state index in [1.54, 1.807) is 30.3 Å². The van der Waals surface area contributed by atoms with Crippen molar-refractivity contribution in [2.24, 2.45) is 0 Å². The average molecular weight is 338 g/mol. The van der Waals surface area contributed by atoms with E-state index in [0.29, 0.717) is 11.3 Å². The second kappa shape index (κ2) is 7.15. The van der Waals surface area contributed by atoms with Gasteiger partial charge in [-0.3, -0.25) is 9.59 Å². The molecule has 0 aliphatic heterocycles. The maximum Gasteiger partial charge on any atom is 0.251 e. The molecule has 0 spiro atoms. The number of benzene rings is 2. The van der Waals surface area contributed by atoms with Crippen molar-refractivity contribution in [3.8, 4) is 0 Å². The average Bonchev–Trinajstić information content (AvgIpc) is 2.51. The number of carbonyl (C=O) groups is 2. The van der Waals surface area contributed by atoms with Crippen LogP contribution in [0.2, 0.25) is 10.0 Å². The van der Waals surface area contributed by atoms with E-state index in [4.69, 9.17) is 28.9 Å². The first-order valence-corrected chi connectivity index (χ1v) is 7.10. The summed E-state index contributed by atoms with van der Waals surface area (Å²) < 4.78 is 0. The molecule has 0 atom stereocenters. The number of nitrogens with two attached hydrogens (primary N) is 1. The van der Waals surface area contributed by atoms with Gasteiger partial charge in [-0.1, -0.05) is 41.4 Å². The fourth-order valence-electron chi connectivity index (χ4n) is 1.71. The van der Waals surface area contributed by atoms with Crippen LogP contribution in [0.5, 0.6) is 0 Å². The van der Waals surface area contributed by atoms with Gasteiger partial charge in [0.15, 0.2) is 0 Å². The third kappa shape index (κ3) is 4.13. The normalized spacial score (nSPS) is 10.1. The predicted octanol–water partition coefficient (Wildman–Crippen LogP) is 2.94. The highest BCUT2D eigenvalue weighted by atomic mass is 35.5. The number of nitrogens with one attached hydrogen (secondary N) is 2. The van der Waals surface area contributed by atoms with Gasteiger partial charge < -0.3 is 16.4 Å². The summed E-state index contributed by atoms with van der Waals surface area (Å²) in [4.78, 5) is 23.6. The van der Waals surface area contributed by atoms with E-state index < -0.39 is 5.91 Å². The summed E-state index contributed by atoms with van der Waals surface area (Å²) in [5.74, 6) is -0.731. The SMILES string of the molecule is Nc1c(Cl)cc(NC(=O)CNC(=O)c2ccccc2)cc1Cl. The number of hydrogen-bond acceptors (Lipinski definition) is 3. The molecule has 7 heteroatoms. The van der Waals surface area contributed by atoms with E-state index in [1.165, 1.54) is 12.1 Å². The molecule has 0 radical (unpaired) electrons. The molecule has 0 unspecified atom stereocenters. The van der Waals surface area contributed by atoms with E-state index in [9.17, 15) is 9.59 Å². The minimum absolute atomic E-state index is 0.173. The quantitative estimate of drug-likeness (QED) is 0.750. The van der Waals surface area contributed by atoms with Gasteiger partial charge in [-0.15, -0.1) is 0 Å². The topological polar surface area (TPSA) is 84.2 Å². The fraction of sp³-hybridized carbons (Fsp3) is 0.0667. The largest absolute Gasteiger partial charge is 0.396 e. The number of halogens is 2. The molecule has 114 valence electrons. The van der Waals surface area contributed by atoms with E-state index in [-0.39, 0.29) is 28.2 Å². The van der Waals surface area contributed by atoms with Gasteiger partial charge >= 0.3 is 0 Å². The molecule has 0 saturated heterocycles. The lowest BCUT2D eigenvalue weighted by molar-refractivity contribution is -0.115. The van der Waals surface area contributed by atoms with Crippen LogP contribution in [0, 0.1) is 0 Å². The number of amides is 2. The van der Waals surface area contributed by atoms with Gasteiger partial charge in [0.05, 0.1) is 22.3 Å². The molecule has 0 fully saturated rings. The minimum atomic E-state index is -0.402. The van der Waals surface area contributed by atoms with Crippen LogP contribution < -0.4 is 16.4 Å². The molecule has 2 aromatic carbocycles. The van der Waals surface area contributed by atoms with Crippen LogP contribution in [0.4, 0.5) is 11.4 Å². The molecule has 2 rings (SSSR count). The van der Waals surface area contributed by atoms with Gasteiger partial charge in [0.2, 0.25) is 5.91 Å². The number of nitrogen functional groups attached to an aromatic ring is 1. The summed E-state index contributed by atoms with van der Waals surface area (Å²) in [6.07, 6.45) is 0. The zero-order valence-electron chi connectivity index (χ0n) is 11.4. The minimum Gasteiger partial charge on any atom is -0.396 e. The van der Waals surface area contributed by atoms with Crippen molar-refractivity contribution in [2.45, 2.75) is 0 Å². The Labute approximate surface area is 137 Å². The van der Waals surface area contributed by atoms with Crippen molar-refractivity contribution >= 4 is 46.4 Å². The monoisotopic (exact) mass is 337 g/mol. The summed E-state index contributed by atoms with van der Waals surface area (Å²) in [6, 6.07) is 11.6. The first kappa shape index (κ1) is 16.1. The Hall–Kier alpha value is -2.24. The van der Waals surface area contributed by atoms with E-state index in [2.05, 4.69) is 10.6 Å². The van der Waals surface area contributed by atoms with Crippen LogP contribution in [-0.2, 0) is 4.79 Å². The maximum absolute atomic E-state index is 11.8. The second-order valence-electron chi connectivity index (χ2n) is 4.45. The lowest BCUT2D eigenvalue weighted by atomic mass is 10.2. The lowest BCUT2D eigenvalue weighted by Gasteiger charge is -2.09. The van der Waals surface area contributed by atoms with Crippen LogP contribution in [-0.4, -0.2) is 18.4 Å². The van der Waals surface area contributed by atoms with Gasteiger partial charge in [0, 0.05) is 11.3 Å².